The summed E-state index contributed by atoms with van der Waals surface area (Å²) >= 11 is 0. The molecule has 1 aromatic carbocycles. The number of amides is 1. The highest BCUT2D eigenvalue weighted by atomic mass is 32.2. The summed E-state index contributed by atoms with van der Waals surface area (Å²) in [5.74, 6) is 0.384. The minimum atomic E-state index is -3.58. The van der Waals surface area contributed by atoms with Crippen molar-refractivity contribution in [2.24, 2.45) is 0 Å². The highest BCUT2D eigenvalue weighted by molar-refractivity contribution is 7.90. The minimum absolute atomic E-state index is 0.110. The van der Waals surface area contributed by atoms with Gasteiger partial charge in [-0.05, 0) is 36.8 Å². The Morgan fingerprint density at radius 3 is 2.44 bits per heavy atom. The Morgan fingerprint density at radius 2 is 1.85 bits per heavy atom. The number of hydrogen-bond donors (Lipinski definition) is 0. The van der Waals surface area contributed by atoms with Crippen LogP contribution in [0.1, 0.15) is 29.0 Å². The van der Waals surface area contributed by atoms with Gasteiger partial charge in [0.15, 0.2) is 5.69 Å². The number of carbonyl (C=O) groups is 1. The molecule has 1 unspecified atom stereocenters. The fourth-order valence-electron chi connectivity index (χ4n) is 2.88. The van der Waals surface area contributed by atoms with Crippen molar-refractivity contribution in [2.45, 2.75) is 18.1 Å². The molecule has 3 rings (SSSR count). The number of aromatic nitrogens is 2. The average molecular weight is 387 g/mol. The number of rotatable bonds is 5. The summed E-state index contributed by atoms with van der Waals surface area (Å²) in [6.45, 7) is 1.90. The van der Waals surface area contributed by atoms with E-state index in [0.29, 0.717) is 5.52 Å². The monoisotopic (exact) mass is 387 g/mol. The number of sulfone groups is 1. The molecule has 1 amide bonds. The first-order chi connectivity index (χ1) is 12.7. The quantitative estimate of drug-likeness (QED) is 0.672. The van der Waals surface area contributed by atoms with Crippen molar-refractivity contribution in [3.63, 3.8) is 0 Å². The van der Waals surface area contributed by atoms with Gasteiger partial charge < -0.3 is 9.64 Å². The van der Waals surface area contributed by atoms with Crippen LogP contribution in [0, 0.1) is 0 Å². The lowest BCUT2D eigenvalue weighted by Gasteiger charge is -2.25. The molecule has 142 valence electrons. The van der Waals surface area contributed by atoms with Crippen molar-refractivity contribution < 1.29 is 17.9 Å². The molecule has 0 aliphatic heterocycles. The van der Waals surface area contributed by atoms with E-state index in [1.165, 1.54) is 4.40 Å². The number of fused-ring (bicyclic) bond motifs is 1. The van der Waals surface area contributed by atoms with E-state index in [4.69, 9.17) is 4.74 Å². The number of hydrogen-bond acceptors (Lipinski definition) is 5. The van der Waals surface area contributed by atoms with E-state index in [9.17, 15) is 13.2 Å². The first kappa shape index (κ1) is 18.9. The zero-order valence-electron chi connectivity index (χ0n) is 15.6. The van der Waals surface area contributed by atoms with E-state index in [2.05, 4.69) is 4.98 Å². The maximum Gasteiger partial charge on any atom is 0.274 e. The van der Waals surface area contributed by atoms with Crippen LogP contribution in [0.2, 0.25) is 0 Å². The predicted octanol–water partition coefficient (Wildman–Crippen LogP) is 2.58. The molecule has 2 aromatic heterocycles. The topological polar surface area (TPSA) is 81.0 Å². The Kier molecular flexibility index (Phi) is 4.93. The van der Waals surface area contributed by atoms with Gasteiger partial charge in [0.1, 0.15) is 5.75 Å². The summed E-state index contributed by atoms with van der Waals surface area (Å²) < 4.78 is 30.7. The number of pyridine rings is 1. The molecular weight excluding hydrogens is 366 g/mol. The summed E-state index contributed by atoms with van der Waals surface area (Å²) in [6.07, 6.45) is 2.66. The van der Waals surface area contributed by atoms with Gasteiger partial charge in [-0.1, -0.05) is 18.2 Å². The lowest BCUT2D eigenvalue weighted by atomic mass is 10.1. The van der Waals surface area contributed by atoms with Gasteiger partial charge in [0.25, 0.3) is 5.91 Å². The Labute approximate surface area is 158 Å². The van der Waals surface area contributed by atoms with E-state index < -0.39 is 9.84 Å². The van der Waals surface area contributed by atoms with E-state index in [0.717, 1.165) is 17.6 Å². The van der Waals surface area contributed by atoms with Crippen molar-refractivity contribution in [3.8, 4) is 5.75 Å². The molecule has 0 saturated carbocycles. The van der Waals surface area contributed by atoms with Gasteiger partial charge in [-0.15, -0.1) is 0 Å². The van der Waals surface area contributed by atoms with Crippen molar-refractivity contribution >= 4 is 21.3 Å². The Hall–Kier alpha value is -2.87. The molecule has 0 aliphatic rings. The lowest BCUT2D eigenvalue weighted by molar-refractivity contribution is 0.0739. The van der Waals surface area contributed by atoms with E-state index in [1.807, 2.05) is 31.2 Å². The second kappa shape index (κ2) is 7.03. The van der Waals surface area contributed by atoms with Crippen LogP contribution in [0.3, 0.4) is 0 Å². The number of benzene rings is 1. The third-order valence-electron chi connectivity index (χ3n) is 4.55. The number of imidazole rings is 1. The van der Waals surface area contributed by atoms with Crippen LogP contribution < -0.4 is 4.74 Å². The van der Waals surface area contributed by atoms with Crippen LogP contribution in [0.25, 0.3) is 5.52 Å². The van der Waals surface area contributed by atoms with Crippen LogP contribution in [0.4, 0.5) is 0 Å². The number of nitrogens with zero attached hydrogens (tertiary/aromatic N) is 3. The van der Waals surface area contributed by atoms with Crippen molar-refractivity contribution in [3.05, 3.63) is 59.9 Å². The molecule has 0 fully saturated rings. The van der Waals surface area contributed by atoms with Gasteiger partial charge in [0.05, 0.1) is 18.7 Å². The fraction of sp³-hybridized carbons (Fsp3) is 0.263. The van der Waals surface area contributed by atoms with E-state index in [1.54, 1.807) is 43.5 Å². The first-order valence-corrected chi connectivity index (χ1v) is 10.2. The molecular formula is C19H21N3O4S. The third kappa shape index (κ3) is 3.52. The van der Waals surface area contributed by atoms with Gasteiger partial charge in [0.2, 0.25) is 15.0 Å². The normalized spacial score (nSPS) is 12.7. The molecule has 2 heterocycles. The molecule has 27 heavy (non-hydrogen) atoms. The zero-order valence-corrected chi connectivity index (χ0v) is 16.4. The summed E-state index contributed by atoms with van der Waals surface area (Å²) in [7, 11) is -0.314. The van der Waals surface area contributed by atoms with Crippen LogP contribution in [-0.4, -0.2) is 49.0 Å². The fourth-order valence-corrected chi connectivity index (χ4v) is 3.65. The summed E-state index contributed by atoms with van der Waals surface area (Å²) in [6, 6.07) is 12.3. The number of ether oxygens (including phenoxy) is 1. The van der Waals surface area contributed by atoms with E-state index >= 15 is 0 Å². The largest absolute Gasteiger partial charge is 0.497 e. The summed E-state index contributed by atoms with van der Waals surface area (Å²) in [4.78, 5) is 18.8. The molecule has 0 aliphatic carbocycles. The molecule has 0 N–H and O–H groups in total. The average Bonchev–Trinajstić information content (AvgIpc) is 3.06. The molecule has 0 saturated heterocycles. The van der Waals surface area contributed by atoms with Crippen molar-refractivity contribution in [2.75, 3.05) is 20.4 Å². The number of methoxy groups -OCH3 is 1. The predicted molar refractivity (Wildman–Crippen MR) is 102 cm³/mol. The Bertz CT molecular complexity index is 1090. The first-order valence-electron chi connectivity index (χ1n) is 8.32. The maximum atomic E-state index is 13.1. The Morgan fingerprint density at radius 1 is 1.19 bits per heavy atom. The third-order valence-corrected chi connectivity index (χ3v) is 5.50. The van der Waals surface area contributed by atoms with Gasteiger partial charge in [-0.3, -0.25) is 9.20 Å². The van der Waals surface area contributed by atoms with Crippen LogP contribution in [0.15, 0.2) is 53.8 Å². The molecule has 3 aromatic rings. The smallest absolute Gasteiger partial charge is 0.274 e. The lowest BCUT2D eigenvalue weighted by Crippen LogP contribution is -2.30. The molecule has 7 nitrogen and oxygen atoms in total. The minimum Gasteiger partial charge on any atom is -0.497 e. The zero-order chi connectivity index (χ0) is 19.8. The SMILES string of the molecule is COc1ccc(C(C)N(C)C(=O)c2nc(S(C)(=O)=O)n3ccccc23)cc1. The summed E-state index contributed by atoms with van der Waals surface area (Å²) in [5, 5.41) is -0.146. The molecule has 0 radical (unpaired) electrons. The second-order valence-electron chi connectivity index (χ2n) is 6.34. The molecule has 8 heteroatoms. The van der Waals surface area contributed by atoms with Crippen LogP contribution >= 0.6 is 0 Å². The standard InChI is InChI=1S/C19H21N3O4S/c1-13(14-8-10-15(26-3)11-9-14)21(2)18(23)17-16-7-5-6-12-22(16)19(20-17)27(4,24)25/h5-13H,1-4H3. The molecule has 0 bridgehead atoms. The van der Waals surface area contributed by atoms with Gasteiger partial charge >= 0.3 is 0 Å². The Balaban J connectivity index is 1.99. The highest BCUT2D eigenvalue weighted by Gasteiger charge is 2.27. The van der Waals surface area contributed by atoms with Crippen LogP contribution in [0.5, 0.6) is 5.75 Å². The molecule has 0 spiro atoms. The maximum absolute atomic E-state index is 13.1. The molecule has 1 atom stereocenters. The second-order valence-corrected chi connectivity index (χ2v) is 8.25. The number of carbonyl (C=O) groups excluding carboxylic acids is 1. The van der Waals surface area contributed by atoms with Crippen molar-refractivity contribution in [1.29, 1.82) is 0 Å². The van der Waals surface area contributed by atoms with Crippen LogP contribution in [-0.2, 0) is 9.84 Å². The summed E-state index contributed by atoms with van der Waals surface area (Å²) in [5.41, 5.74) is 1.49. The van der Waals surface area contributed by atoms with Gasteiger partial charge in [-0.25, -0.2) is 13.4 Å². The van der Waals surface area contributed by atoms with Gasteiger partial charge in [0, 0.05) is 19.5 Å². The van der Waals surface area contributed by atoms with Crippen molar-refractivity contribution in [1.82, 2.24) is 14.3 Å². The van der Waals surface area contributed by atoms with E-state index in [-0.39, 0.29) is 22.8 Å². The highest BCUT2D eigenvalue weighted by Crippen LogP contribution is 2.25. The van der Waals surface area contributed by atoms with Gasteiger partial charge in [-0.2, -0.15) is 0 Å².